The molecule has 1 fully saturated rings. The molecule has 0 aromatic heterocycles. The van der Waals surface area contributed by atoms with E-state index >= 15 is 0 Å². The third-order valence-electron chi connectivity index (χ3n) is 3.59. The van der Waals surface area contributed by atoms with Gasteiger partial charge in [0.05, 0.1) is 29.6 Å². The molecular formula is C14H16N2O4S. The molecule has 7 heteroatoms. The predicted octanol–water partition coefficient (Wildman–Crippen LogP) is 1.13. The van der Waals surface area contributed by atoms with Crippen LogP contribution in [0.1, 0.15) is 18.4 Å². The monoisotopic (exact) mass is 308 g/mol. The van der Waals surface area contributed by atoms with Crippen molar-refractivity contribution in [3.8, 4) is 6.07 Å². The Hall–Kier alpha value is -1.91. The fourth-order valence-corrected chi connectivity index (χ4v) is 3.89. The molecule has 0 saturated carbocycles. The largest absolute Gasteiger partial charge is 0.469 e. The highest BCUT2D eigenvalue weighted by atomic mass is 32.2. The number of piperidine rings is 1. The highest BCUT2D eigenvalue weighted by Crippen LogP contribution is 2.24. The summed E-state index contributed by atoms with van der Waals surface area (Å²) in [6.07, 6.45) is 0.897. The van der Waals surface area contributed by atoms with Gasteiger partial charge in [0.25, 0.3) is 0 Å². The Bertz CT molecular complexity index is 670. The van der Waals surface area contributed by atoms with Crippen LogP contribution < -0.4 is 0 Å². The van der Waals surface area contributed by atoms with Crippen molar-refractivity contribution < 1.29 is 17.9 Å². The Labute approximate surface area is 124 Å². The van der Waals surface area contributed by atoms with Crippen LogP contribution >= 0.6 is 0 Å². The van der Waals surface area contributed by atoms with Gasteiger partial charge in [0.1, 0.15) is 0 Å². The van der Waals surface area contributed by atoms with Crippen molar-refractivity contribution in [3.63, 3.8) is 0 Å². The maximum Gasteiger partial charge on any atom is 0.308 e. The molecule has 1 heterocycles. The summed E-state index contributed by atoms with van der Waals surface area (Å²) in [5, 5.41) is 8.85. The van der Waals surface area contributed by atoms with Gasteiger partial charge in [0, 0.05) is 13.1 Å². The summed E-state index contributed by atoms with van der Waals surface area (Å²) in [4.78, 5) is 11.6. The maximum absolute atomic E-state index is 12.5. The summed E-state index contributed by atoms with van der Waals surface area (Å²) in [6, 6.07) is 7.87. The first-order valence-corrected chi connectivity index (χ1v) is 8.01. The van der Waals surface area contributed by atoms with Crippen molar-refractivity contribution in [2.75, 3.05) is 20.2 Å². The molecule has 6 nitrogen and oxygen atoms in total. The van der Waals surface area contributed by atoms with E-state index < -0.39 is 10.0 Å². The van der Waals surface area contributed by atoms with Gasteiger partial charge >= 0.3 is 5.97 Å². The van der Waals surface area contributed by atoms with E-state index in [0.717, 1.165) is 0 Å². The first kappa shape index (κ1) is 15.5. The van der Waals surface area contributed by atoms with Gasteiger partial charge in [-0.1, -0.05) is 6.07 Å². The lowest BCUT2D eigenvalue weighted by Crippen LogP contribution is -2.40. The molecule has 0 unspecified atom stereocenters. The maximum atomic E-state index is 12.5. The van der Waals surface area contributed by atoms with Gasteiger partial charge in [-0.3, -0.25) is 4.79 Å². The van der Waals surface area contributed by atoms with E-state index in [2.05, 4.69) is 4.74 Å². The van der Waals surface area contributed by atoms with E-state index in [4.69, 9.17) is 5.26 Å². The van der Waals surface area contributed by atoms with Crippen LogP contribution in [0.3, 0.4) is 0 Å². The number of ether oxygens (including phenoxy) is 1. The molecule has 0 amide bonds. The number of sulfonamides is 1. The van der Waals surface area contributed by atoms with Crippen molar-refractivity contribution in [1.29, 1.82) is 5.26 Å². The molecule has 0 aliphatic carbocycles. The van der Waals surface area contributed by atoms with Gasteiger partial charge in [0.15, 0.2) is 0 Å². The van der Waals surface area contributed by atoms with Crippen molar-refractivity contribution in [3.05, 3.63) is 29.8 Å². The molecule has 1 aliphatic heterocycles. The Kier molecular flexibility index (Phi) is 4.60. The molecule has 0 bridgehead atoms. The zero-order valence-electron chi connectivity index (χ0n) is 11.7. The van der Waals surface area contributed by atoms with Crippen LogP contribution in [0, 0.1) is 17.2 Å². The number of methoxy groups -OCH3 is 1. The quantitative estimate of drug-likeness (QED) is 0.781. The molecule has 0 radical (unpaired) electrons. The zero-order valence-corrected chi connectivity index (χ0v) is 12.5. The first-order valence-electron chi connectivity index (χ1n) is 6.57. The van der Waals surface area contributed by atoms with Crippen LogP contribution in [0.2, 0.25) is 0 Å². The SMILES string of the molecule is COC(=O)C1CCN(S(=O)(=O)c2cccc(C#N)c2)CC1. The Morgan fingerprint density at radius 1 is 1.38 bits per heavy atom. The van der Waals surface area contributed by atoms with Crippen molar-refractivity contribution in [1.82, 2.24) is 4.31 Å². The third kappa shape index (κ3) is 3.23. The fraction of sp³-hybridized carbons (Fsp3) is 0.429. The second-order valence-electron chi connectivity index (χ2n) is 4.84. The molecule has 0 spiro atoms. The van der Waals surface area contributed by atoms with Crippen molar-refractivity contribution in [2.45, 2.75) is 17.7 Å². The normalized spacial score (nSPS) is 17.1. The molecule has 21 heavy (non-hydrogen) atoms. The van der Waals surface area contributed by atoms with Crippen molar-refractivity contribution in [2.24, 2.45) is 5.92 Å². The number of hydrogen-bond donors (Lipinski definition) is 0. The molecule has 2 rings (SSSR count). The number of nitriles is 1. The molecule has 1 aliphatic rings. The van der Waals surface area contributed by atoms with Gasteiger partial charge in [-0.2, -0.15) is 9.57 Å². The van der Waals surface area contributed by atoms with Gasteiger partial charge in [-0.05, 0) is 31.0 Å². The fourth-order valence-electron chi connectivity index (χ4n) is 2.37. The molecule has 112 valence electrons. The molecule has 1 aromatic carbocycles. The second-order valence-corrected chi connectivity index (χ2v) is 6.78. The Balaban J connectivity index is 2.15. The highest BCUT2D eigenvalue weighted by Gasteiger charge is 2.32. The number of nitrogens with zero attached hydrogens (tertiary/aromatic N) is 2. The van der Waals surface area contributed by atoms with Crippen LogP contribution in [0.4, 0.5) is 0 Å². The number of carbonyl (C=O) groups is 1. The average Bonchev–Trinajstić information content (AvgIpc) is 2.54. The summed E-state index contributed by atoms with van der Waals surface area (Å²) >= 11 is 0. The van der Waals surface area contributed by atoms with E-state index in [9.17, 15) is 13.2 Å². The molecule has 1 aromatic rings. The Morgan fingerprint density at radius 3 is 2.62 bits per heavy atom. The minimum atomic E-state index is -3.62. The molecule has 0 atom stereocenters. The lowest BCUT2D eigenvalue weighted by atomic mass is 9.99. The van der Waals surface area contributed by atoms with Crippen molar-refractivity contribution >= 4 is 16.0 Å². The second kappa shape index (κ2) is 6.24. The summed E-state index contributed by atoms with van der Waals surface area (Å²) in [5.74, 6) is -0.537. The smallest absolute Gasteiger partial charge is 0.308 e. The van der Waals surface area contributed by atoms with Crippen LogP contribution in [0.25, 0.3) is 0 Å². The van der Waals surface area contributed by atoms with Gasteiger partial charge in [0.2, 0.25) is 10.0 Å². The molecule has 0 N–H and O–H groups in total. The zero-order chi connectivity index (χ0) is 15.5. The number of carbonyl (C=O) groups excluding carboxylic acids is 1. The highest BCUT2D eigenvalue weighted by molar-refractivity contribution is 7.89. The lowest BCUT2D eigenvalue weighted by Gasteiger charge is -2.29. The van der Waals surface area contributed by atoms with Gasteiger partial charge in [-0.25, -0.2) is 8.42 Å². The average molecular weight is 308 g/mol. The van der Waals surface area contributed by atoms with E-state index in [0.29, 0.717) is 18.4 Å². The number of hydrogen-bond acceptors (Lipinski definition) is 5. The molecule has 1 saturated heterocycles. The van der Waals surface area contributed by atoms with Crippen LogP contribution in [-0.2, 0) is 19.6 Å². The van der Waals surface area contributed by atoms with Crippen LogP contribution in [0.15, 0.2) is 29.2 Å². The van der Waals surface area contributed by atoms with E-state index in [1.165, 1.54) is 23.5 Å². The van der Waals surface area contributed by atoms with E-state index in [-0.39, 0.29) is 29.9 Å². The van der Waals surface area contributed by atoms with Gasteiger partial charge in [-0.15, -0.1) is 0 Å². The number of benzene rings is 1. The standard InChI is InChI=1S/C14H16N2O4S/c1-20-14(17)12-5-7-16(8-6-12)21(18,19)13-4-2-3-11(9-13)10-15/h2-4,9,12H,5-8H2,1H3. The summed E-state index contributed by atoms with van der Waals surface area (Å²) < 4.78 is 31.0. The summed E-state index contributed by atoms with van der Waals surface area (Å²) in [7, 11) is -2.29. The number of rotatable bonds is 3. The van der Waals surface area contributed by atoms with E-state index in [1.807, 2.05) is 6.07 Å². The van der Waals surface area contributed by atoms with Crippen LogP contribution in [0.5, 0.6) is 0 Å². The Morgan fingerprint density at radius 2 is 2.05 bits per heavy atom. The minimum Gasteiger partial charge on any atom is -0.469 e. The molecular weight excluding hydrogens is 292 g/mol. The minimum absolute atomic E-state index is 0.109. The van der Waals surface area contributed by atoms with Crippen LogP contribution in [-0.4, -0.2) is 38.9 Å². The van der Waals surface area contributed by atoms with E-state index in [1.54, 1.807) is 12.1 Å². The third-order valence-corrected chi connectivity index (χ3v) is 5.48. The van der Waals surface area contributed by atoms with Gasteiger partial charge < -0.3 is 4.74 Å². The number of esters is 1. The lowest BCUT2D eigenvalue weighted by molar-refractivity contribution is -0.146. The topological polar surface area (TPSA) is 87.5 Å². The summed E-state index contributed by atoms with van der Waals surface area (Å²) in [5.41, 5.74) is 0.306. The summed E-state index contributed by atoms with van der Waals surface area (Å²) in [6.45, 7) is 0.553. The predicted molar refractivity (Wildman–Crippen MR) is 74.7 cm³/mol. The first-order chi connectivity index (χ1) is 9.98.